The molecule has 1 heterocycles. The number of allylic oxidation sites excluding steroid dienone is 2. The Labute approximate surface area is 109 Å². The lowest BCUT2D eigenvalue weighted by Crippen LogP contribution is -2.44. The van der Waals surface area contributed by atoms with Crippen molar-refractivity contribution in [2.75, 3.05) is 19.6 Å². The van der Waals surface area contributed by atoms with Gasteiger partial charge in [-0.25, -0.2) is 0 Å². The van der Waals surface area contributed by atoms with Gasteiger partial charge < -0.3 is 10.6 Å². The van der Waals surface area contributed by atoms with Crippen molar-refractivity contribution in [2.24, 2.45) is 29.4 Å². The van der Waals surface area contributed by atoms with Crippen molar-refractivity contribution < 1.29 is 4.79 Å². The van der Waals surface area contributed by atoms with E-state index in [4.69, 9.17) is 5.73 Å². The molecule has 0 aromatic heterocycles. The van der Waals surface area contributed by atoms with Crippen LogP contribution >= 0.6 is 0 Å². The second kappa shape index (κ2) is 5.04. The number of hydrogen-bond acceptors (Lipinski definition) is 2. The summed E-state index contributed by atoms with van der Waals surface area (Å²) in [6.07, 6.45) is 10.4. The van der Waals surface area contributed by atoms with Gasteiger partial charge in [-0.15, -0.1) is 0 Å². The van der Waals surface area contributed by atoms with Crippen LogP contribution in [0.15, 0.2) is 12.2 Å². The molecule has 2 aliphatic carbocycles. The third-order valence-corrected chi connectivity index (χ3v) is 5.00. The van der Waals surface area contributed by atoms with Crippen molar-refractivity contribution in [3.8, 4) is 0 Å². The minimum atomic E-state index is 0.289. The van der Waals surface area contributed by atoms with Gasteiger partial charge in [-0.1, -0.05) is 12.2 Å². The molecule has 3 aliphatic rings. The van der Waals surface area contributed by atoms with E-state index in [0.717, 1.165) is 38.9 Å². The number of rotatable bonds is 3. The van der Waals surface area contributed by atoms with Gasteiger partial charge in [0, 0.05) is 19.0 Å². The van der Waals surface area contributed by atoms with Crippen molar-refractivity contribution >= 4 is 5.91 Å². The summed E-state index contributed by atoms with van der Waals surface area (Å²) in [5.74, 6) is 2.58. The van der Waals surface area contributed by atoms with Crippen LogP contribution in [0, 0.1) is 23.7 Å². The molecule has 18 heavy (non-hydrogen) atoms. The van der Waals surface area contributed by atoms with Crippen LogP contribution in [0.4, 0.5) is 0 Å². The summed E-state index contributed by atoms with van der Waals surface area (Å²) in [4.78, 5) is 14.7. The van der Waals surface area contributed by atoms with E-state index in [1.807, 2.05) is 0 Å². The smallest absolute Gasteiger partial charge is 0.226 e. The predicted molar refractivity (Wildman–Crippen MR) is 71.8 cm³/mol. The molecule has 4 unspecified atom stereocenters. The molecule has 2 bridgehead atoms. The highest BCUT2D eigenvalue weighted by atomic mass is 16.2. The minimum absolute atomic E-state index is 0.289. The minimum Gasteiger partial charge on any atom is -0.342 e. The summed E-state index contributed by atoms with van der Waals surface area (Å²) in [7, 11) is 0. The summed E-state index contributed by atoms with van der Waals surface area (Å²) in [6.45, 7) is 2.68. The zero-order valence-electron chi connectivity index (χ0n) is 11.1. The van der Waals surface area contributed by atoms with Crippen LogP contribution in [0.2, 0.25) is 0 Å². The Morgan fingerprint density at radius 3 is 2.89 bits per heavy atom. The van der Waals surface area contributed by atoms with E-state index in [0.29, 0.717) is 23.7 Å². The number of carbonyl (C=O) groups is 1. The van der Waals surface area contributed by atoms with Gasteiger partial charge in [-0.05, 0) is 56.4 Å². The van der Waals surface area contributed by atoms with Crippen molar-refractivity contribution in [1.82, 2.24) is 4.90 Å². The van der Waals surface area contributed by atoms with Gasteiger partial charge in [0.1, 0.15) is 0 Å². The zero-order valence-corrected chi connectivity index (χ0v) is 11.1. The molecular weight excluding hydrogens is 224 g/mol. The first-order valence-electron chi connectivity index (χ1n) is 7.45. The Bertz CT molecular complexity index is 350. The average Bonchev–Trinajstić information content (AvgIpc) is 3.01. The van der Waals surface area contributed by atoms with E-state index in [-0.39, 0.29) is 5.92 Å². The summed E-state index contributed by atoms with van der Waals surface area (Å²) in [5, 5.41) is 0. The van der Waals surface area contributed by atoms with E-state index >= 15 is 0 Å². The molecule has 3 heteroatoms. The topological polar surface area (TPSA) is 46.3 Å². The maximum atomic E-state index is 12.6. The molecule has 1 saturated heterocycles. The Morgan fingerprint density at radius 1 is 1.33 bits per heavy atom. The number of piperidine rings is 1. The highest BCUT2D eigenvalue weighted by molar-refractivity contribution is 5.80. The number of nitrogens with two attached hydrogens (primary N) is 1. The first-order valence-corrected chi connectivity index (χ1v) is 7.45. The Morgan fingerprint density at radius 2 is 2.22 bits per heavy atom. The van der Waals surface area contributed by atoms with E-state index in [9.17, 15) is 4.79 Å². The van der Waals surface area contributed by atoms with E-state index in [1.165, 1.54) is 12.8 Å². The lowest BCUT2D eigenvalue weighted by Gasteiger charge is -2.35. The second-order valence-electron chi connectivity index (χ2n) is 6.26. The third-order valence-electron chi connectivity index (χ3n) is 5.00. The largest absolute Gasteiger partial charge is 0.342 e. The van der Waals surface area contributed by atoms with Gasteiger partial charge in [0.05, 0.1) is 0 Å². The van der Waals surface area contributed by atoms with Gasteiger partial charge in [-0.3, -0.25) is 4.79 Å². The molecule has 0 radical (unpaired) electrons. The molecular formula is C15H24N2O. The maximum Gasteiger partial charge on any atom is 0.226 e. The molecule has 4 atom stereocenters. The van der Waals surface area contributed by atoms with Crippen molar-refractivity contribution in [2.45, 2.75) is 32.1 Å². The number of amides is 1. The number of carbonyl (C=O) groups excluding carboxylic acids is 1. The molecule has 2 N–H and O–H groups in total. The Kier molecular flexibility index (Phi) is 3.42. The van der Waals surface area contributed by atoms with Gasteiger partial charge in [0.2, 0.25) is 5.91 Å². The number of nitrogens with zero attached hydrogens (tertiary/aromatic N) is 1. The van der Waals surface area contributed by atoms with E-state index in [2.05, 4.69) is 17.1 Å². The fraction of sp³-hybridized carbons (Fsp3) is 0.800. The van der Waals surface area contributed by atoms with Gasteiger partial charge in [0.25, 0.3) is 0 Å². The fourth-order valence-corrected chi connectivity index (χ4v) is 4.04. The third kappa shape index (κ3) is 2.20. The molecule has 2 fully saturated rings. The SMILES string of the molecule is NCCC1CCCN(C(=O)C2CC3C=CC2C3)C1. The van der Waals surface area contributed by atoms with Crippen LogP contribution in [-0.2, 0) is 4.79 Å². The molecule has 1 amide bonds. The molecule has 0 aromatic rings. The summed E-state index contributed by atoms with van der Waals surface area (Å²) >= 11 is 0. The van der Waals surface area contributed by atoms with Crippen LogP contribution < -0.4 is 5.73 Å². The molecule has 1 aliphatic heterocycles. The van der Waals surface area contributed by atoms with Crippen molar-refractivity contribution in [1.29, 1.82) is 0 Å². The maximum absolute atomic E-state index is 12.6. The molecule has 100 valence electrons. The van der Waals surface area contributed by atoms with Gasteiger partial charge in [0.15, 0.2) is 0 Å². The molecule has 3 rings (SSSR count). The number of likely N-dealkylation sites (tertiary alicyclic amines) is 1. The fourth-order valence-electron chi connectivity index (χ4n) is 4.04. The molecule has 0 aromatic carbocycles. The summed E-state index contributed by atoms with van der Waals surface area (Å²) in [5.41, 5.74) is 5.64. The molecule has 0 spiro atoms. The summed E-state index contributed by atoms with van der Waals surface area (Å²) in [6, 6.07) is 0. The van der Waals surface area contributed by atoms with Crippen LogP contribution in [0.25, 0.3) is 0 Å². The van der Waals surface area contributed by atoms with E-state index in [1.54, 1.807) is 0 Å². The van der Waals surface area contributed by atoms with Crippen molar-refractivity contribution in [3.05, 3.63) is 12.2 Å². The van der Waals surface area contributed by atoms with Crippen LogP contribution in [-0.4, -0.2) is 30.4 Å². The standard InChI is InChI=1S/C15H24N2O/c16-6-5-11-2-1-7-17(10-11)15(18)14-9-12-3-4-13(14)8-12/h3-4,11-14H,1-2,5-10,16H2. The number of hydrogen-bond donors (Lipinski definition) is 1. The number of fused-ring (bicyclic) bond motifs is 2. The zero-order chi connectivity index (χ0) is 12.5. The lowest BCUT2D eigenvalue weighted by molar-refractivity contribution is -0.138. The van der Waals surface area contributed by atoms with Gasteiger partial charge >= 0.3 is 0 Å². The predicted octanol–water partition coefficient (Wildman–Crippen LogP) is 1.79. The van der Waals surface area contributed by atoms with Crippen LogP contribution in [0.1, 0.15) is 32.1 Å². The molecule has 1 saturated carbocycles. The highest BCUT2D eigenvalue weighted by Crippen LogP contribution is 2.44. The molecule has 3 nitrogen and oxygen atoms in total. The first kappa shape index (κ1) is 12.2. The lowest BCUT2D eigenvalue weighted by atomic mass is 9.89. The Balaban J connectivity index is 1.60. The second-order valence-corrected chi connectivity index (χ2v) is 6.26. The van der Waals surface area contributed by atoms with Crippen LogP contribution in [0.3, 0.4) is 0 Å². The average molecular weight is 248 g/mol. The Hall–Kier alpha value is -0.830. The summed E-state index contributed by atoms with van der Waals surface area (Å²) < 4.78 is 0. The highest BCUT2D eigenvalue weighted by Gasteiger charge is 2.41. The van der Waals surface area contributed by atoms with Crippen LogP contribution in [0.5, 0.6) is 0 Å². The van der Waals surface area contributed by atoms with Gasteiger partial charge in [-0.2, -0.15) is 0 Å². The van der Waals surface area contributed by atoms with Crippen molar-refractivity contribution in [3.63, 3.8) is 0 Å². The first-order chi connectivity index (χ1) is 8.78. The van der Waals surface area contributed by atoms with E-state index < -0.39 is 0 Å². The quantitative estimate of drug-likeness (QED) is 0.774. The normalized spacial score (nSPS) is 38.4. The monoisotopic (exact) mass is 248 g/mol.